The van der Waals surface area contributed by atoms with Crippen molar-refractivity contribution in [3.63, 3.8) is 0 Å². The molecule has 5 rings (SSSR count). The number of thioether (sulfide) groups is 1. The lowest BCUT2D eigenvalue weighted by atomic mass is 10.0. The largest absolute Gasteiger partial charge is 0.543 e. The van der Waals surface area contributed by atoms with Gasteiger partial charge in [-0.2, -0.15) is 9.36 Å². The second-order valence-corrected chi connectivity index (χ2v) is 13.3. The molecule has 1 fully saturated rings. The summed E-state index contributed by atoms with van der Waals surface area (Å²) in [6.07, 6.45) is 2.52. The lowest BCUT2D eigenvalue weighted by Crippen LogP contribution is -2.71. The number of nitrogens with zero attached hydrogens (tertiary/aromatic N) is 7. The van der Waals surface area contributed by atoms with E-state index < -0.39 is 46.8 Å². The molecule has 0 unspecified atom stereocenters. The monoisotopic (exact) mass is 717 g/mol. The van der Waals surface area contributed by atoms with Gasteiger partial charge >= 0.3 is 11.7 Å². The highest BCUT2D eigenvalue weighted by Gasteiger charge is 2.53. The van der Waals surface area contributed by atoms with Crippen molar-refractivity contribution in [3.05, 3.63) is 41.6 Å². The Bertz CT molecular complexity index is 1870. The number of methoxy groups -OCH3 is 1. The van der Waals surface area contributed by atoms with Gasteiger partial charge in [-0.25, -0.2) is 9.36 Å². The van der Waals surface area contributed by atoms with Gasteiger partial charge in [0.2, 0.25) is 24.2 Å². The summed E-state index contributed by atoms with van der Waals surface area (Å²) in [4.78, 5) is 72.8. The summed E-state index contributed by atoms with van der Waals surface area (Å²) < 4.78 is 17.0. The van der Waals surface area contributed by atoms with Crippen LogP contribution in [0.3, 0.4) is 0 Å². The van der Waals surface area contributed by atoms with E-state index in [9.17, 15) is 29.1 Å². The standard InChI is InChI=1S/C27H31N11O9S2/c1-27(2,3)47-26(44)29-9-15(39)30-14-5-6-16-36(7-8-37(16)33-14)10-13-11-48-23-18(22(41)38(23)19(13)24(42)43)31-21(40)17(34-46-12-45-4)20-32-25(28)49-35-20/h5-8,18,23H,9-12H2,1-4H3,(H5-,28,29,30,31,32,33,35,39,40,42,43,44)/b34-17-/t18-,23-/m1/s1. The maximum Gasteiger partial charge on any atom is 0.408 e. The number of nitrogens with one attached hydrogen (secondary N) is 3. The minimum Gasteiger partial charge on any atom is -0.543 e. The van der Waals surface area contributed by atoms with Gasteiger partial charge in [0.25, 0.3) is 11.8 Å². The second-order valence-electron chi connectivity index (χ2n) is 11.4. The maximum absolute atomic E-state index is 13.2. The van der Waals surface area contributed by atoms with Crippen molar-refractivity contribution in [1.82, 2.24) is 34.5 Å². The molecule has 0 aliphatic carbocycles. The summed E-state index contributed by atoms with van der Waals surface area (Å²) in [6, 6.07) is 2.11. The second kappa shape index (κ2) is 14.4. The molecule has 2 aliphatic rings. The van der Waals surface area contributed by atoms with Crippen LogP contribution in [0.15, 0.2) is 41.0 Å². The van der Waals surface area contributed by atoms with Gasteiger partial charge in [0.15, 0.2) is 17.1 Å². The number of nitrogen functional groups attached to an aromatic ring is 1. The van der Waals surface area contributed by atoms with Crippen LogP contribution >= 0.6 is 23.3 Å². The average Bonchev–Trinajstić information content (AvgIpc) is 3.65. The Morgan fingerprint density at radius 1 is 1.24 bits per heavy atom. The Labute approximate surface area is 285 Å². The van der Waals surface area contributed by atoms with Crippen LogP contribution in [0.5, 0.6) is 0 Å². The fraction of sp³-hybridized carbons (Fsp3) is 0.407. The molecule has 3 aromatic rings. The van der Waals surface area contributed by atoms with Gasteiger partial charge in [0, 0.05) is 36.0 Å². The molecule has 5 heterocycles. The number of alkyl carbamates (subject to hydrolysis) is 1. The van der Waals surface area contributed by atoms with E-state index in [1.54, 1.807) is 43.8 Å². The van der Waals surface area contributed by atoms with Gasteiger partial charge in [-0.15, -0.1) is 11.8 Å². The smallest absolute Gasteiger partial charge is 0.408 e. The van der Waals surface area contributed by atoms with Crippen LogP contribution in [0.2, 0.25) is 0 Å². The maximum atomic E-state index is 13.2. The molecule has 3 aromatic heterocycles. The number of amides is 4. The number of oxime groups is 1. The topological polar surface area (TPSA) is 261 Å². The molecule has 1 saturated heterocycles. The van der Waals surface area contributed by atoms with Gasteiger partial charge in [-0.05, 0) is 26.8 Å². The normalized spacial score (nSPS) is 17.7. The molecule has 0 radical (unpaired) electrons. The van der Waals surface area contributed by atoms with E-state index in [1.807, 2.05) is 0 Å². The number of ether oxygens (including phenoxy) is 2. The quantitative estimate of drug-likeness (QED) is 0.0393. The van der Waals surface area contributed by atoms with E-state index in [2.05, 4.69) is 35.6 Å². The number of β-lactam (4-membered cyclic amide) rings is 1. The molecule has 0 spiro atoms. The zero-order chi connectivity index (χ0) is 35.5. The van der Waals surface area contributed by atoms with Gasteiger partial charge in [0.05, 0.1) is 11.7 Å². The van der Waals surface area contributed by atoms with E-state index in [1.165, 1.54) is 29.5 Å². The van der Waals surface area contributed by atoms with Gasteiger partial charge in [-0.1, -0.05) is 14.8 Å². The number of rotatable bonds is 12. The number of aliphatic carboxylic acids is 1. The van der Waals surface area contributed by atoms with E-state index >= 15 is 0 Å². The Hall–Kier alpha value is -5.35. The lowest BCUT2D eigenvalue weighted by molar-refractivity contribution is -0.662. The van der Waals surface area contributed by atoms with Crippen LogP contribution in [-0.4, -0.2) is 103 Å². The molecule has 2 atom stereocenters. The zero-order valence-electron chi connectivity index (χ0n) is 26.5. The van der Waals surface area contributed by atoms with E-state index in [4.69, 9.17) is 20.0 Å². The summed E-state index contributed by atoms with van der Waals surface area (Å²) in [5.74, 6) is -3.31. The number of carbonyl (C=O) groups is 5. The van der Waals surface area contributed by atoms with Crippen molar-refractivity contribution in [2.24, 2.45) is 5.16 Å². The predicted octanol–water partition coefficient (Wildman–Crippen LogP) is -2.05. The highest BCUT2D eigenvalue weighted by molar-refractivity contribution is 8.00. The number of carboxylic acid groups (broad SMARTS) is 1. The summed E-state index contributed by atoms with van der Waals surface area (Å²) in [6.45, 7) is 4.56. The first-order valence-electron chi connectivity index (χ1n) is 14.4. The minimum absolute atomic E-state index is 0.0676. The first-order chi connectivity index (χ1) is 23.3. The third-order valence-electron chi connectivity index (χ3n) is 6.67. The Kier molecular flexibility index (Phi) is 10.3. The fourth-order valence-corrected chi connectivity index (χ4v) is 6.48. The predicted molar refractivity (Wildman–Crippen MR) is 169 cm³/mol. The molecular weight excluding hydrogens is 686 g/mol. The number of nitrogens with two attached hydrogens (primary N) is 1. The molecule has 0 saturated carbocycles. The average molecular weight is 718 g/mol. The third-order valence-corrected chi connectivity index (χ3v) is 8.55. The molecule has 49 heavy (non-hydrogen) atoms. The first kappa shape index (κ1) is 35.0. The highest BCUT2D eigenvalue weighted by Crippen LogP contribution is 2.40. The molecular formula is C27H31N11O9S2. The molecule has 0 aromatic carbocycles. The van der Waals surface area contributed by atoms with E-state index in [-0.39, 0.29) is 53.8 Å². The molecule has 22 heteroatoms. The molecule has 20 nitrogen and oxygen atoms in total. The van der Waals surface area contributed by atoms with Gasteiger partial charge in [-0.3, -0.25) is 19.3 Å². The fourth-order valence-electron chi connectivity index (χ4n) is 4.71. The van der Waals surface area contributed by atoms with Crippen LogP contribution in [-0.2, 0) is 40.0 Å². The van der Waals surface area contributed by atoms with E-state index in [0.29, 0.717) is 11.2 Å². The zero-order valence-corrected chi connectivity index (χ0v) is 28.1. The van der Waals surface area contributed by atoms with E-state index in [0.717, 1.165) is 16.4 Å². The van der Waals surface area contributed by atoms with Crippen molar-refractivity contribution in [1.29, 1.82) is 0 Å². The Balaban J connectivity index is 1.26. The molecule has 0 bridgehead atoms. The van der Waals surface area contributed by atoms with Crippen molar-refractivity contribution in [3.8, 4) is 0 Å². The number of carboxylic acids is 1. The number of hydrogen-bond donors (Lipinski definition) is 4. The van der Waals surface area contributed by atoms with Crippen molar-refractivity contribution < 1.29 is 48.0 Å². The van der Waals surface area contributed by atoms with Crippen LogP contribution in [0.1, 0.15) is 26.6 Å². The van der Waals surface area contributed by atoms with Crippen LogP contribution < -0.4 is 31.4 Å². The van der Waals surface area contributed by atoms with Gasteiger partial charge < -0.3 is 45.9 Å². The number of carbonyl (C=O) groups excluding carboxylic acids is 5. The Morgan fingerprint density at radius 2 is 2.02 bits per heavy atom. The van der Waals surface area contributed by atoms with Crippen LogP contribution in [0, 0.1) is 0 Å². The molecule has 260 valence electrons. The number of fused-ring (bicyclic) bond motifs is 2. The summed E-state index contributed by atoms with van der Waals surface area (Å²) in [5, 5.41) is 27.2. The SMILES string of the molecule is COCO/N=C(\C(=O)N[C@@H]1C(=O)N2C(C(=O)[O-])=C(C[n+]3ccn4nc(NC(=O)CNC(=O)OC(C)(C)C)ccc43)CS[C@H]12)c1nsc(N)n1. The number of imidazole rings is 1. The number of anilines is 2. The molecule has 5 N–H and O–H groups in total. The van der Waals surface area contributed by atoms with Gasteiger partial charge in [0.1, 0.15) is 36.3 Å². The Morgan fingerprint density at radius 3 is 2.69 bits per heavy atom. The van der Waals surface area contributed by atoms with Crippen molar-refractivity contribution in [2.75, 3.05) is 37.3 Å². The first-order valence-corrected chi connectivity index (χ1v) is 16.2. The van der Waals surface area contributed by atoms with Crippen LogP contribution in [0.4, 0.5) is 15.7 Å². The third kappa shape index (κ3) is 8.04. The summed E-state index contributed by atoms with van der Waals surface area (Å²) in [7, 11) is 1.36. The molecule has 4 amide bonds. The van der Waals surface area contributed by atoms with Crippen LogP contribution in [0.25, 0.3) is 5.65 Å². The number of hydrogen-bond acceptors (Lipinski definition) is 16. The minimum atomic E-state index is -1.55. The lowest BCUT2D eigenvalue weighted by Gasteiger charge is -2.50. The van der Waals surface area contributed by atoms with Crippen molar-refractivity contribution >= 4 is 75.4 Å². The summed E-state index contributed by atoms with van der Waals surface area (Å²) >= 11 is 2.08. The van der Waals surface area contributed by atoms with Crippen molar-refractivity contribution in [2.45, 2.75) is 44.3 Å². The highest BCUT2D eigenvalue weighted by atomic mass is 32.2. The summed E-state index contributed by atoms with van der Waals surface area (Å²) in [5.41, 5.74) is 5.21. The molecule has 2 aliphatic heterocycles. The number of aromatic nitrogens is 5.